The van der Waals surface area contributed by atoms with Crippen molar-refractivity contribution in [1.29, 1.82) is 0 Å². The van der Waals surface area contributed by atoms with Crippen molar-refractivity contribution in [2.45, 2.75) is 91.3 Å². The lowest BCUT2D eigenvalue weighted by Crippen LogP contribution is -2.51. The van der Waals surface area contributed by atoms with Crippen molar-refractivity contribution < 1.29 is 28.7 Å². The number of aliphatic imine (C=N–C) groups is 2. The second kappa shape index (κ2) is 19.6. The predicted molar refractivity (Wildman–Crippen MR) is 186 cm³/mol. The molecule has 246 valence electrons. The molecule has 0 saturated carbocycles. The van der Waals surface area contributed by atoms with Crippen LogP contribution in [0, 0.1) is 0 Å². The molecule has 0 saturated heterocycles. The van der Waals surface area contributed by atoms with Gasteiger partial charge in [-0.1, -0.05) is 33.7 Å². The van der Waals surface area contributed by atoms with Crippen molar-refractivity contribution in [3.63, 3.8) is 0 Å². The van der Waals surface area contributed by atoms with Gasteiger partial charge in [-0.25, -0.2) is 0 Å². The Labute approximate surface area is 277 Å². The van der Waals surface area contributed by atoms with Crippen LogP contribution in [-0.4, -0.2) is 92.7 Å². The molecule has 2 amide bonds. The molecule has 0 aromatic heterocycles. The van der Waals surface area contributed by atoms with Crippen molar-refractivity contribution in [3.05, 3.63) is 24.3 Å². The summed E-state index contributed by atoms with van der Waals surface area (Å²) in [6, 6.07) is 0. The molecule has 0 aromatic rings. The summed E-state index contributed by atoms with van der Waals surface area (Å²) in [5.41, 5.74) is -1.37. The zero-order valence-corrected chi connectivity index (χ0v) is 29.9. The molecule has 2 aliphatic heterocycles. The van der Waals surface area contributed by atoms with Gasteiger partial charge in [0, 0.05) is 37.4 Å². The van der Waals surface area contributed by atoms with Crippen LogP contribution in [0.1, 0.15) is 80.1 Å². The maximum atomic E-state index is 13.6. The maximum Gasteiger partial charge on any atom is 0.308 e. The summed E-state index contributed by atoms with van der Waals surface area (Å²) in [4.78, 5) is 61.4. The molecule has 2 heterocycles. The van der Waals surface area contributed by atoms with Gasteiger partial charge in [-0.15, -0.1) is 0 Å². The lowest BCUT2D eigenvalue weighted by Gasteiger charge is -2.35. The van der Waals surface area contributed by atoms with E-state index in [1.54, 1.807) is 41.5 Å². The second-order valence-electron chi connectivity index (χ2n) is 11.8. The number of ether oxygens (including phenoxy) is 2. The predicted octanol–water partition coefficient (Wildman–Crippen LogP) is 6.28. The van der Waals surface area contributed by atoms with Gasteiger partial charge in [-0.05, 0) is 88.1 Å². The number of rotatable bonds is 14. The highest BCUT2D eigenvalue weighted by Gasteiger charge is 2.29. The summed E-state index contributed by atoms with van der Waals surface area (Å²) in [7, 11) is 6.03. The first-order valence-corrected chi connectivity index (χ1v) is 19.4. The zero-order valence-electron chi connectivity index (χ0n) is 26.7. The Balaban J connectivity index is 2.14. The lowest BCUT2D eigenvalue weighted by atomic mass is 10.2. The van der Waals surface area contributed by atoms with Crippen molar-refractivity contribution in [3.8, 4) is 0 Å². The van der Waals surface area contributed by atoms with E-state index in [1.807, 2.05) is 12.2 Å². The Hall–Kier alpha value is -1.90. The molecule has 0 atom stereocenters. The van der Waals surface area contributed by atoms with Gasteiger partial charge in [-0.3, -0.25) is 39.2 Å². The third-order valence-electron chi connectivity index (χ3n) is 5.50. The van der Waals surface area contributed by atoms with Crippen molar-refractivity contribution in [2.24, 2.45) is 9.98 Å². The molecular formula is C30H46N4O6S4. The lowest BCUT2D eigenvalue weighted by molar-refractivity contribution is -0.170. The number of hydrogen-bond donors (Lipinski definition) is 0. The smallest absolute Gasteiger partial charge is 0.308 e. The fraction of sp³-hybridized carbons (Fsp3) is 0.667. The molecule has 0 unspecified atom stereocenters. The van der Waals surface area contributed by atoms with Gasteiger partial charge in [0.2, 0.25) is 11.8 Å². The quantitative estimate of drug-likeness (QED) is 0.0894. The molecule has 10 nitrogen and oxygen atoms in total. The van der Waals surface area contributed by atoms with Gasteiger partial charge in [0.05, 0.1) is 25.9 Å². The Morgan fingerprint density at radius 1 is 0.682 bits per heavy atom. The molecule has 2 aliphatic rings. The average molecular weight is 687 g/mol. The molecule has 44 heavy (non-hydrogen) atoms. The standard InChI is InChI=1S/C30H46N4O6S4/c1-29(2,3)39-27(37)13-19-33(25(35)15-21-41-43-23-11-7-9-17-31-23)34(20-14-28(38)40-30(4,5)6)26(36)16-22-42-44-24-12-8-10-18-32-24/h7-8,11-12H,9-10,13-22H2,1-6H3. The minimum atomic E-state index is -0.686. The van der Waals surface area contributed by atoms with E-state index in [0.29, 0.717) is 11.5 Å². The van der Waals surface area contributed by atoms with Crippen molar-refractivity contribution in [2.75, 3.05) is 37.7 Å². The van der Waals surface area contributed by atoms with Crippen LogP contribution in [-0.2, 0) is 28.7 Å². The number of amides is 2. The molecule has 0 aromatic carbocycles. The van der Waals surface area contributed by atoms with E-state index in [4.69, 9.17) is 9.47 Å². The van der Waals surface area contributed by atoms with E-state index in [2.05, 4.69) is 22.1 Å². The first kappa shape index (κ1) is 38.3. The number of carbonyl (C=O) groups excluding carboxylic acids is 4. The number of esters is 2. The van der Waals surface area contributed by atoms with E-state index in [9.17, 15) is 19.2 Å². The highest BCUT2D eigenvalue weighted by atomic mass is 33.1. The van der Waals surface area contributed by atoms with Crippen LogP contribution in [0.4, 0.5) is 0 Å². The number of hydrazine groups is 1. The average Bonchev–Trinajstić information content (AvgIpc) is 2.94. The summed E-state index contributed by atoms with van der Waals surface area (Å²) < 4.78 is 10.9. The molecule has 2 rings (SSSR count). The van der Waals surface area contributed by atoms with E-state index in [1.165, 1.54) is 53.2 Å². The van der Waals surface area contributed by atoms with Crippen LogP contribution in [0.5, 0.6) is 0 Å². The third kappa shape index (κ3) is 17.0. The Morgan fingerprint density at radius 3 is 1.39 bits per heavy atom. The monoisotopic (exact) mass is 686 g/mol. The summed E-state index contributed by atoms with van der Waals surface area (Å²) in [5.74, 6) is -0.622. The molecule has 0 fully saturated rings. The van der Waals surface area contributed by atoms with Gasteiger partial charge in [0.15, 0.2) is 0 Å². The summed E-state index contributed by atoms with van der Waals surface area (Å²) in [6.45, 7) is 12.1. The maximum absolute atomic E-state index is 13.6. The van der Waals surface area contributed by atoms with E-state index >= 15 is 0 Å². The van der Waals surface area contributed by atoms with Crippen molar-refractivity contribution >= 4 is 77.0 Å². The minimum absolute atomic E-state index is 0.0510. The van der Waals surface area contributed by atoms with Crippen LogP contribution in [0.2, 0.25) is 0 Å². The van der Waals surface area contributed by atoms with Crippen LogP contribution in [0.25, 0.3) is 0 Å². The Morgan fingerprint density at radius 2 is 1.07 bits per heavy atom. The Kier molecular flexibility index (Phi) is 17.0. The van der Waals surface area contributed by atoms with Gasteiger partial charge in [-0.2, -0.15) is 0 Å². The molecule has 0 bridgehead atoms. The van der Waals surface area contributed by atoms with Crippen LogP contribution in [0.15, 0.2) is 34.3 Å². The number of nitrogens with zero attached hydrogens (tertiary/aromatic N) is 4. The first-order chi connectivity index (χ1) is 20.7. The van der Waals surface area contributed by atoms with E-state index in [-0.39, 0.29) is 50.6 Å². The third-order valence-corrected chi connectivity index (χ3v) is 10.1. The molecule has 14 heteroatoms. The fourth-order valence-corrected chi connectivity index (χ4v) is 7.63. The van der Waals surface area contributed by atoms with Crippen LogP contribution < -0.4 is 0 Å². The highest BCUT2D eigenvalue weighted by Crippen LogP contribution is 2.28. The zero-order chi connectivity index (χ0) is 32.6. The van der Waals surface area contributed by atoms with Gasteiger partial charge in [0.1, 0.15) is 21.3 Å². The van der Waals surface area contributed by atoms with E-state index < -0.39 is 23.1 Å². The van der Waals surface area contributed by atoms with Crippen molar-refractivity contribution in [1.82, 2.24) is 10.0 Å². The van der Waals surface area contributed by atoms with Crippen LogP contribution in [0.3, 0.4) is 0 Å². The normalized spacial score (nSPS) is 14.9. The summed E-state index contributed by atoms with van der Waals surface area (Å²) in [6.07, 6.45) is 10.0. The SMILES string of the molecule is CC(C)(C)OC(=O)CCN(C(=O)CCSSC1=NCCC=C1)N(CCC(=O)OC(C)(C)C)C(=O)CCSSC1=NCCC=C1. The number of carbonyl (C=O) groups is 4. The van der Waals surface area contributed by atoms with Gasteiger partial charge >= 0.3 is 11.9 Å². The van der Waals surface area contributed by atoms with Gasteiger partial charge in [0.25, 0.3) is 0 Å². The molecular weight excluding hydrogens is 641 g/mol. The Bertz CT molecular complexity index is 1030. The van der Waals surface area contributed by atoms with Crippen LogP contribution >= 0.6 is 43.2 Å². The second-order valence-corrected chi connectivity index (χ2v) is 16.7. The molecule has 0 aliphatic carbocycles. The topological polar surface area (TPSA) is 118 Å². The van der Waals surface area contributed by atoms with Gasteiger partial charge < -0.3 is 9.47 Å². The number of hydrogen-bond acceptors (Lipinski definition) is 12. The molecule has 0 radical (unpaired) electrons. The summed E-state index contributed by atoms with van der Waals surface area (Å²) >= 11 is 0. The summed E-state index contributed by atoms with van der Waals surface area (Å²) in [5, 5.41) is 4.45. The highest BCUT2D eigenvalue weighted by molar-refractivity contribution is 8.82. The molecule has 0 N–H and O–H groups in total. The first-order valence-electron chi connectivity index (χ1n) is 14.8. The minimum Gasteiger partial charge on any atom is -0.460 e. The molecule has 0 spiro atoms. The van der Waals surface area contributed by atoms with E-state index in [0.717, 1.165) is 36.0 Å². The largest absolute Gasteiger partial charge is 0.460 e. The fourth-order valence-electron chi connectivity index (χ4n) is 3.74. The number of dihydropyridines is 2.